The first-order chi connectivity index (χ1) is 9.94. The second-order valence-corrected chi connectivity index (χ2v) is 8.55. The van der Waals surface area contributed by atoms with E-state index < -0.39 is 0 Å². The Morgan fingerprint density at radius 1 is 1.10 bits per heavy atom. The molecule has 2 heteroatoms. The number of fused-ring (bicyclic) bond motifs is 5. The zero-order valence-corrected chi connectivity index (χ0v) is 13.3. The normalized spacial score (nSPS) is 49.2. The third kappa shape index (κ3) is 1.77. The Balaban J connectivity index is 1.77. The summed E-state index contributed by atoms with van der Waals surface area (Å²) in [7, 11) is 0. The van der Waals surface area contributed by atoms with E-state index in [1.54, 1.807) is 0 Å². The number of hydrogen-bond donors (Lipinski definition) is 0. The standard InChI is InChI=1S/C19H26O2/c1-18-8-6-14-17(15(18)10-13(20)11-18)16(21)9-12-5-3-4-7-19(12,14)2/h10,12,14,17H,3-9,11H2,1-2H3/t12?,14-,17+,18+,19-/m0/s1. The minimum atomic E-state index is -0.00816. The number of carbonyl (C=O) groups is 2. The molecule has 4 aliphatic carbocycles. The maximum absolute atomic E-state index is 12.9. The monoisotopic (exact) mass is 286 g/mol. The summed E-state index contributed by atoms with van der Waals surface area (Å²) in [5.41, 5.74) is 1.54. The molecular formula is C19H26O2. The van der Waals surface area contributed by atoms with Gasteiger partial charge in [-0.1, -0.05) is 26.7 Å². The molecule has 4 aliphatic rings. The van der Waals surface area contributed by atoms with Gasteiger partial charge in [-0.2, -0.15) is 0 Å². The minimum Gasteiger partial charge on any atom is -0.299 e. The molecular weight excluding hydrogens is 260 g/mol. The first-order valence-corrected chi connectivity index (χ1v) is 8.72. The zero-order valence-electron chi connectivity index (χ0n) is 13.3. The van der Waals surface area contributed by atoms with Crippen LogP contribution in [-0.2, 0) is 9.59 Å². The molecule has 21 heavy (non-hydrogen) atoms. The number of Topliss-reactive ketones (excluding diaryl/α,β-unsaturated/α-hetero) is 1. The fourth-order valence-corrected chi connectivity index (χ4v) is 6.17. The summed E-state index contributed by atoms with van der Waals surface area (Å²) >= 11 is 0. The Bertz CT molecular complexity index is 546. The molecule has 3 fully saturated rings. The van der Waals surface area contributed by atoms with Crippen molar-refractivity contribution < 1.29 is 9.59 Å². The van der Waals surface area contributed by atoms with Crippen LogP contribution >= 0.6 is 0 Å². The summed E-state index contributed by atoms with van der Waals surface area (Å²) < 4.78 is 0. The van der Waals surface area contributed by atoms with Crippen molar-refractivity contribution in [3.8, 4) is 0 Å². The number of allylic oxidation sites excluding steroid dienone is 2. The van der Waals surface area contributed by atoms with Gasteiger partial charge >= 0.3 is 0 Å². The first-order valence-electron chi connectivity index (χ1n) is 8.72. The molecule has 3 saturated carbocycles. The lowest BCUT2D eigenvalue weighted by atomic mass is 9.46. The average molecular weight is 286 g/mol. The van der Waals surface area contributed by atoms with Crippen LogP contribution in [0.4, 0.5) is 0 Å². The van der Waals surface area contributed by atoms with Crippen LogP contribution in [0.15, 0.2) is 11.6 Å². The van der Waals surface area contributed by atoms with Crippen molar-refractivity contribution in [2.24, 2.45) is 28.6 Å². The Morgan fingerprint density at radius 3 is 2.71 bits per heavy atom. The van der Waals surface area contributed by atoms with Gasteiger partial charge in [-0.15, -0.1) is 0 Å². The molecule has 0 bridgehead atoms. The van der Waals surface area contributed by atoms with E-state index in [2.05, 4.69) is 13.8 Å². The smallest absolute Gasteiger partial charge is 0.156 e. The largest absolute Gasteiger partial charge is 0.299 e. The lowest BCUT2D eigenvalue weighted by Crippen LogP contribution is -2.53. The molecule has 0 aromatic carbocycles. The number of ketones is 2. The van der Waals surface area contributed by atoms with E-state index in [0.717, 1.165) is 19.3 Å². The zero-order chi connectivity index (χ0) is 14.8. The van der Waals surface area contributed by atoms with E-state index in [9.17, 15) is 9.59 Å². The van der Waals surface area contributed by atoms with E-state index in [1.807, 2.05) is 6.08 Å². The molecule has 0 amide bonds. The van der Waals surface area contributed by atoms with Crippen LogP contribution in [-0.4, -0.2) is 11.6 Å². The van der Waals surface area contributed by atoms with Crippen molar-refractivity contribution in [2.45, 2.75) is 65.2 Å². The van der Waals surface area contributed by atoms with Gasteiger partial charge in [0.05, 0.1) is 0 Å². The van der Waals surface area contributed by atoms with Crippen molar-refractivity contribution in [1.82, 2.24) is 0 Å². The molecule has 0 saturated heterocycles. The van der Waals surface area contributed by atoms with Gasteiger partial charge in [0.1, 0.15) is 5.78 Å². The maximum Gasteiger partial charge on any atom is 0.156 e. The quantitative estimate of drug-likeness (QED) is 0.672. The molecule has 2 nitrogen and oxygen atoms in total. The second-order valence-electron chi connectivity index (χ2n) is 8.55. The van der Waals surface area contributed by atoms with E-state index in [-0.39, 0.29) is 17.1 Å². The maximum atomic E-state index is 12.9. The van der Waals surface area contributed by atoms with Crippen molar-refractivity contribution >= 4 is 11.6 Å². The molecule has 0 N–H and O–H groups in total. The van der Waals surface area contributed by atoms with Gasteiger partial charge in [0.15, 0.2) is 5.78 Å². The first kappa shape index (κ1) is 13.7. The molecule has 0 aliphatic heterocycles. The predicted molar refractivity (Wildman–Crippen MR) is 81.7 cm³/mol. The fourth-order valence-electron chi connectivity index (χ4n) is 6.17. The second kappa shape index (κ2) is 4.30. The van der Waals surface area contributed by atoms with Crippen LogP contribution in [0.5, 0.6) is 0 Å². The summed E-state index contributed by atoms with van der Waals surface area (Å²) in [5, 5.41) is 0. The fraction of sp³-hybridized carbons (Fsp3) is 0.789. The highest BCUT2D eigenvalue weighted by Crippen LogP contribution is 2.63. The highest BCUT2D eigenvalue weighted by atomic mass is 16.1. The molecule has 0 aromatic heterocycles. The third-order valence-electron chi connectivity index (χ3n) is 7.41. The van der Waals surface area contributed by atoms with Gasteiger partial charge in [-0.3, -0.25) is 9.59 Å². The van der Waals surface area contributed by atoms with Crippen LogP contribution in [0.2, 0.25) is 0 Å². The lowest BCUT2D eigenvalue weighted by molar-refractivity contribution is -0.140. The van der Waals surface area contributed by atoms with Crippen LogP contribution < -0.4 is 0 Å². The minimum absolute atomic E-state index is 0.00816. The van der Waals surface area contributed by atoms with Crippen molar-refractivity contribution in [2.75, 3.05) is 0 Å². The van der Waals surface area contributed by atoms with E-state index in [1.165, 1.54) is 31.3 Å². The SMILES string of the molecule is C[C@]12CC[C@H]3[C@@H](C(=O)CC4CCCC[C@@]43C)C1=CC(=O)C2. The molecule has 0 radical (unpaired) electrons. The van der Waals surface area contributed by atoms with Crippen molar-refractivity contribution in [3.63, 3.8) is 0 Å². The summed E-state index contributed by atoms with van der Waals surface area (Å²) in [6.45, 7) is 4.66. The van der Waals surface area contributed by atoms with Crippen molar-refractivity contribution in [1.29, 1.82) is 0 Å². The molecule has 4 rings (SSSR count). The van der Waals surface area contributed by atoms with E-state index in [4.69, 9.17) is 0 Å². The molecule has 0 spiro atoms. The van der Waals surface area contributed by atoms with Crippen LogP contribution in [0.3, 0.4) is 0 Å². The van der Waals surface area contributed by atoms with Crippen molar-refractivity contribution in [3.05, 3.63) is 11.6 Å². The van der Waals surface area contributed by atoms with E-state index >= 15 is 0 Å². The number of carbonyl (C=O) groups excluding carboxylic acids is 2. The topological polar surface area (TPSA) is 34.1 Å². The van der Waals surface area contributed by atoms with E-state index in [0.29, 0.717) is 29.5 Å². The molecule has 5 atom stereocenters. The van der Waals surface area contributed by atoms with Gasteiger partial charge in [-0.05, 0) is 60.0 Å². The van der Waals surface area contributed by atoms with Gasteiger partial charge in [0, 0.05) is 18.8 Å². The highest BCUT2D eigenvalue weighted by molar-refractivity contribution is 5.97. The van der Waals surface area contributed by atoms with Gasteiger partial charge in [0.25, 0.3) is 0 Å². The predicted octanol–water partition coefficient (Wildman–Crippen LogP) is 4.09. The average Bonchev–Trinajstić information content (AvgIpc) is 2.73. The summed E-state index contributed by atoms with van der Waals surface area (Å²) in [6.07, 6.45) is 10.6. The Hall–Kier alpha value is -0.920. The third-order valence-corrected chi connectivity index (χ3v) is 7.41. The summed E-state index contributed by atoms with van der Waals surface area (Å²) in [4.78, 5) is 24.8. The van der Waals surface area contributed by atoms with Gasteiger partial charge in [0.2, 0.25) is 0 Å². The highest BCUT2D eigenvalue weighted by Gasteiger charge is 2.58. The number of hydrogen-bond acceptors (Lipinski definition) is 2. The number of rotatable bonds is 0. The van der Waals surface area contributed by atoms with Crippen LogP contribution in [0, 0.1) is 28.6 Å². The Labute approximate surface area is 127 Å². The lowest BCUT2D eigenvalue weighted by Gasteiger charge is -2.57. The van der Waals surface area contributed by atoms with Crippen LogP contribution in [0.25, 0.3) is 0 Å². The van der Waals surface area contributed by atoms with Gasteiger partial charge in [-0.25, -0.2) is 0 Å². The van der Waals surface area contributed by atoms with Crippen LogP contribution in [0.1, 0.15) is 65.2 Å². The molecule has 114 valence electrons. The molecule has 0 heterocycles. The van der Waals surface area contributed by atoms with Gasteiger partial charge < -0.3 is 0 Å². The Kier molecular flexibility index (Phi) is 2.81. The molecule has 0 aromatic rings. The summed E-state index contributed by atoms with van der Waals surface area (Å²) in [5.74, 6) is 1.85. The summed E-state index contributed by atoms with van der Waals surface area (Å²) in [6, 6.07) is 0. The Morgan fingerprint density at radius 2 is 1.90 bits per heavy atom. The molecule has 1 unspecified atom stereocenters.